The molecule has 1 aromatic heterocycles. The number of benzene rings is 2. The molecular weight excluding hydrogens is 264 g/mol. The third kappa shape index (κ3) is 2.74. The average Bonchev–Trinajstić information content (AvgIpc) is 2.93. The molecule has 1 heterocycles. The van der Waals surface area contributed by atoms with Gasteiger partial charge < -0.3 is 5.32 Å². The van der Waals surface area contributed by atoms with Gasteiger partial charge in [-0.2, -0.15) is 0 Å². The molecule has 0 fully saturated rings. The SMILES string of the molecule is CC(C)NCc1csc(-c2cccc3ccccc23)n1. The second-order valence-corrected chi connectivity index (χ2v) is 6.06. The number of aromatic nitrogens is 1. The Morgan fingerprint density at radius 3 is 2.75 bits per heavy atom. The van der Waals surface area contributed by atoms with Crippen molar-refractivity contribution in [2.45, 2.75) is 26.4 Å². The van der Waals surface area contributed by atoms with E-state index in [0.29, 0.717) is 6.04 Å². The highest BCUT2D eigenvalue weighted by Crippen LogP contribution is 2.30. The minimum absolute atomic E-state index is 0.484. The lowest BCUT2D eigenvalue weighted by atomic mass is 10.1. The summed E-state index contributed by atoms with van der Waals surface area (Å²) in [5, 5.41) is 9.19. The number of hydrogen-bond acceptors (Lipinski definition) is 3. The van der Waals surface area contributed by atoms with Gasteiger partial charge in [0, 0.05) is 23.5 Å². The van der Waals surface area contributed by atoms with Crippen molar-refractivity contribution < 1.29 is 0 Å². The molecule has 0 unspecified atom stereocenters. The van der Waals surface area contributed by atoms with Gasteiger partial charge in [0.15, 0.2) is 0 Å². The van der Waals surface area contributed by atoms with Gasteiger partial charge >= 0.3 is 0 Å². The van der Waals surface area contributed by atoms with Gasteiger partial charge in [0.05, 0.1) is 5.69 Å². The Balaban J connectivity index is 1.95. The second-order valence-electron chi connectivity index (χ2n) is 5.21. The molecule has 3 aromatic rings. The summed E-state index contributed by atoms with van der Waals surface area (Å²) in [6.45, 7) is 5.13. The zero-order valence-electron chi connectivity index (χ0n) is 11.8. The highest BCUT2D eigenvalue weighted by molar-refractivity contribution is 7.13. The van der Waals surface area contributed by atoms with E-state index in [9.17, 15) is 0 Å². The number of hydrogen-bond donors (Lipinski definition) is 1. The van der Waals surface area contributed by atoms with Crippen LogP contribution in [-0.2, 0) is 6.54 Å². The van der Waals surface area contributed by atoms with E-state index in [2.05, 4.69) is 67.0 Å². The fourth-order valence-corrected chi connectivity index (χ4v) is 3.09. The molecule has 0 spiro atoms. The molecule has 2 nitrogen and oxygen atoms in total. The van der Waals surface area contributed by atoms with Crippen molar-refractivity contribution in [2.75, 3.05) is 0 Å². The minimum atomic E-state index is 0.484. The summed E-state index contributed by atoms with van der Waals surface area (Å²) in [7, 11) is 0. The van der Waals surface area contributed by atoms with Gasteiger partial charge in [-0.25, -0.2) is 4.98 Å². The molecule has 3 heteroatoms. The van der Waals surface area contributed by atoms with E-state index in [4.69, 9.17) is 4.98 Å². The number of fused-ring (bicyclic) bond motifs is 1. The van der Waals surface area contributed by atoms with Crippen LogP contribution >= 0.6 is 11.3 Å². The van der Waals surface area contributed by atoms with Crippen LogP contribution in [0.15, 0.2) is 47.8 Å². The van der Waals surface area contributed by atoms with Crippen LogP contribution in [0.4, 0.5) is 0 Å². The molecule has 1 N–H and O–H groups in total. The first-order chi connectivity index (χ1) is 9.74. The van der Waals surface area contributed by atoms with E-state index in [1.54, 1.807) is 11.3 Å². The van der Waals surface area contributed by atoms with Crippen molar-refractivity contribution in [3.05, 3.63) is 53.5 Å². The predicted octanol–water partition coefficient (Wildman–Crippen LogP) is 4.46. The Morgan fingerprint density at radius 2 is 1.90 bits per heavy atom. The molecule has 0 aliphatic rings. The zero-order valence-corrected chi connectivity index (χ0v) is 12.6. The molecule has 0 radical (unpaired) electrons. The van der Waals surface area contributed by atoms with Crippen molar-refractivity contribution in [1.29, 1.82) is 0 Å². The van der Waals surface area contributed by atoms with E-state index in [1.807, 2.05) is 0 Å². The van der Waals surface area contributed by atoms with Crippen molar-refractivity contribution >= 4 is 22.1 Å². The van der Waals surface area contributed by atoms with Crippen LogP contribution < -0.4 is 5.32 Å². The third-order valence-corrected chi connectivity index (χ3v) is 4.19. The van der Waals surface area contributed by atoms with E-state index in [-0.39, 0.29) is 0 Å². The summed E-state index contributed by atoms with van der Waals surface area (Å²) in [4.78, 5) is 4.76. The Bertz CT molecular complexity index is 710. The predicted molar refractivity (Wildman–Crippen MR) is 87.0 cm³/mol. The van der Waals surface area contributed by atoms with Crippen molar-refractivity contribution in [3.63, 3.8) is 0 Å². The van der Waals surface area contributed by atoms with Crippen LogP contribution in [0.25, 0.3) is 21.3 Å². The highest BCUT2D eigenvalue weighted by Gasteiger charge is 2.08. The minimum Gasteiger partial charge on any atom is -0.309 e. The summed E-state index contributed by atoms with van der Waals surface area (Å²) < 4.78 is 0. The van der Waals surface area contributed by atoms with Crippen LogP contribution in [0.3, 0.4) is 0 Å². The topological polar surface area (TPSA) is 24.9 Å². The normalized spacial score (nSPS) is 11.3. The van der Waals surface area contributed by atoms with E-state index >= 15 is 0 Å². The van der Waals surface area contributed by atoms with Crippen LogP contribution in [0.1, 0.15) is 19.5 Å². The second kappa shape index (κ2) is 5.73. The Kier molecular flexibility index (Phi) is 3.81. The van der Waals surface area contributed by atoms with Crippen molar-refractivity contribution in [3.8, 4) is 10.6 Å². The van der Waals surface area contributed by atoms with Gasteiger partial charge in [0.1, 0.15) is 5.01 Å². The molecule has 0 aliphatic carbocycles. The molecule has 2 aromatic carbocycles. The number of nitrogens with zero attached hydrogens (tertiary/aromatic N) is 1. The standard InChI is InChI=1S/C17H18N2S/c1-12(2)18-10-14-11-20-17(19-14)16-9-5-7-13-6-3-4-8-15(13)16/h3-9,11-12,18H,10H2,1-2H3. The molecule has 102 valence electrons. The van der Waals surface area contributed by atoms with Crippen LogP contribution in [0, 0.1) is 0 Å². The maximum atomic E-state index is 4.76. The number of nitrogens with one attached hydrogen (secondary N) is 1. The lowest BCUT2D eigenvalue weighted by Gasteiger charge is -2.05. The van der Waals surface area contributed by atoms with E-state index in [0.717, 1.165) is 17.2 Å². The summed E-state index contributed by atoms with van der Waals surface area (Å²) in [5.74, 6) is 0. The molecule has 0 aliphatic heterocycles. The molecule has 0 saturated heterocycles. The lowest BCUT2D eigenvalue weighted by molar-refractivity contribution is 0.583. The van der Waals surface area contributed by atoms with Gasteiger partial charge in [0.25, 0.3) is 0 Å². The maximum absolute atomic E-state index is 4.76. The van der Waals surface area contributed by atoms with Crippen molar-refractivity contribution in [2.24, 2.45) is 0 Å². The summed E-state index contributed by atoms with van der Waals surface area (Å²) in [6, 6.07) is 15.4. The zero-order chi connectivity index (χ0) is 13.9. The molecule has 20 heavy (non-hydrogen) atoms. The molecule has 0 atom stereocenters. The van der Waals surface area contributed by atoms with E-state index in [1.165, 1.54) is 16.3 Å². The van der Waals surface area contributed by atoms with Gasteiger partial charge in [-0.05, 0) is 10.8 Å². The van der Waals surface area contributed by atoms with Gasteiger partial charge in [-0.15, -0.1) is 11.3 Å². The van der Waals surface area contributed by atoms with Crippen LogP contribution in [0.5, 0.6) is 0 Å². The fraction of sp³-hybridized carbons (Fsp3) is 0.235. The largest absolute Gasteiger partial charge is 0.309 e. The fourth-order valence-electron chi connectivity index (χ4n) is 2.23. The summed E-state index contributed by atoms with van der Waals surface area (Å²) in [5.41, 5.74) is 2.34. The van der Waals surface area contributed by atoms with Gasteiger partial charge in [-0.1, -0.05) is 56.3 Å². The molecule has 3 rings (SSSR count). The third-order valence-electron chi connectivity index (χ3n) is 3.26. The first-order valence-corrected chi connectivity index (χ1v) is 7.78. The number of thiazole rings is 1. The Labute approximate surface area is 123 Å². The first kappa shape index (κ1) is 13.3. The lowest BCUT2D eigenvalue weighted by Crippen LogP contribution is -2.21. The van der Waals surface area contributed by atoms with Crippen molar-refractivity contribution in [1.82, 2.24) is 10.3 Å². The summed E-state index contributed by atoms with van der Waals surface area (Å²) in [6.07, 6.45) is 0. The molecule has 0 saturated carbocycles. The molecule has 0 amide bonds. The first-order valence-electron chi connectivity index (χ1n) is 6.90. The summed E-state index contributed by atoms with van der Waals surface area (Å²) >= 11 is 1.72. The van der Waals surface area contributed by atoms with E-state index < -0.39 is 0 Å². The monoisotopic (exact) mass is 282 g/mol. The highest BCUT2D eigenvalue weighted by atomic mass is 32.1. The quantitative estimate of drug-likeness (QED) is 0.764. The Hall–Kier alpha value is -1.71. The average molecular weight is 282 g/mol. The van der Waals surface area contributed by atoms with Crippen LogP contribution in [-0.4, -0.2) is 11.0 Å². The molecular formula is C17H18N2S. The van der Waals surface area contributed by atoms with Gasteiger partial charge in [-0.3, -0.25) is 0 Å². The maximum Gasteiger partial charge on any atom is 0.124 e. The number of rotatable bonds is 4. The van der Waals surface area contributed by atoms with Gasteiger partial charge in [0.2, 0.25) is 0 Å². The van der Waals surface area contributed by atoms with Crippen LogP contribution in [0.2, 0.25) is 0 Å². The smallest absolute Gasteiger partial charge is 0.124 e. The molecule has 0 bridgehead atoms. The Morgan fingerprint density at radius 1 is 1.10 bits per heavy atom.